The van der Waals surface area contributed by atoms with Crippen molar-refractivity contribution in [1.29, 1.82) is 0 Å². The Balaban J connectivity index is 2.42. The van der Waals surface area contributed by atoms with E-state index in [1.54, 1.807) is 0 Å². The van der Waals surface area contributed by atoms with E-state index in [-0.39, 0.29) is 0 Å². The first-order chi connectivity index (χ1) is 8.45. The zero-order valence-electron chi connectivity index (χ0n) is 11.0. The highest BCUT2D eigenvalue weighted by atomic mass is 79.9. The van der Waals surface area contributed by atoms with E-state index in [2.05, 4.69) is 33.1 Å². The van der Waals surface area contributed by atoms with Crippen molar-refractivity contribution < 1.29 is 0 Å². The van der Waals surface area contributed by atoms with E-state index < -0.39 is 0 Å². The summed E-state index contributed by atoms with van der Waals surface area (Å²) in [6, 6.07) is 0. The van der Waals surface area contributed by atoms with Gasteiger partial charge in [0.2, 0.25) is 0 Å². The number of aromatic nitrogens is 4. The maximum absolute atomic E-state index is 6.17. The van der Waals surface area contributed by atoms with Crippen LogP contribution in [-0.2, 0) is 13.1 Å². The number of aryl methyl sites for hydroxylation is 3. The minimum absolute atomic E-state index is 0.675. The molecular weight excluding hydrogens is 316 g/mol. The highest BCUT2D eigenvalue weighted by molar-refractivity contribution is 9.10. The molecule has 0 N–H and O–H groups in total. The average molecular weight is 332 g/mol. The molecule has 4 nitrogen and oxygen atoms in total. The summed E-state index contributed by atoms with van der Waals surface area (Å²) in [5.41, 5.74) is 3.98. The van der Waals surface area contributed by atoms with Crippen molar-refractivity contribution in [3.05, 3.63) is 32.3 Å². The van der Waals surface area contributed by atoms with E-state index in [0.717, 1.165) is 38.8 Å². The fourth-order valence-corrected chi connectivity index (χ4v) is 2.54. The molecule has 0 saturated carbocycles. The zero-order valence-corrected chi connectivity index (χ0v) is 13.3. The van der Waals surface area contributed by atoms with Crippen molar-refractivity contribution in [2.75, 3.05) is 0 Å². The second-order valence-corrected chi connectivity index (χ2v) is 5.48. The maximum atomic E-state index is 6.17. The lowest BCUT2D eigenvalue weighted by atomic mass is 10.3. The van der Waals surface area contributed by atoms with Gasteiger partial charge in [-0.1, -0.05) is 11.6 Å². The van der Waals surface area contributed by atoms with Gasteiger partial charge in [0.1, 0.15) is 0 Å². The van der Waals surface area contributed by atoms with E-state index in [9.17, 15) is 0 Å². The lowest BCUT2D eigenvalue weighted by molar-refractivity contribution is 0.565. The van der Waals surface area contributed by atoms with Gasteiger partial charge < -0.3 is 0 Å². The van der Waals surface area contributed by atoms with E-state index in [0.29, 0.717) is 6.54 Å². The van der Waals surface area contributed by atoms with E-state index in [1.807, 2.05) is 30.1 Å². The molecule has 0 aliphatic rings. The summed E-state index contributed by atoms with van der Waals surface area (Å²) >= 11 is 9.76. The molecule has 0 bridgehead atoms. The topological polar surface area (TPSA) is 35.6 Å². The van der Waals surface area contributed by atoms with Crippen LogP contribution in [0.3, 0.4) is 0 Å². The van der Waals surface area contributed by atoms with Crippen molar-refractivity contribution in [3.8, 4) is 0 Å². The van der Waals surface area contributed by atoms with Gasteiger partial charge in [-0.25, -0.2) is 0 Å². The van der Waals surface area contributed by atoms with Crippen molar-refractivity contribution in [2.24, 2.45) is 0 Å². The highest BCUT2D eigenvalue weighted by Gasteiger charge is 2.16. The van der Waals surface area contributed by atoms with Crippen LogP contribution in [0.4, 0.5) is 0 Å². The summed E-state index contributed by atoms with van der Waals surface area (Å²) in [6.07, 6.45) is 0. The molecule has 0 spiro atoms. The van der Waals surface area contributed by atoms with Gasteiger partial charge in [0.05, 0.1) is 38.8 Å². The molecular formula is C12H16BrClN4. The van der Waals surface area contributed by atoms with Gasteiger partial charge in [0.25, 0.3) is 0 Å². The molecule has 0 fully saturated rings. The van der Waals surface area contributed by atoms with Crippen LogP contribution in [0.25, 0.3) is 0 Å². The monoisotopic (exact) mass is 330 g/mol. The molecule has 2 rings (SSSR count). The van der Waals surface area contributed by atoms with Crippen LogP contribution in [0.2, 0.25) is 5.02 Å². The lowest BCUT2D eigenvalue weighted by Gasteiger charge is -2.07. The molecule has 0 saturated heterocycles. The van der Waals surface area contributed by atoms with Crippen molar-refractivity contribution >= 4 is 27.5 Å². The summed E-state index contributed by atoms with van der Waals surface area (Å²) in [7, 11) is 0. The molecule has 6 heteroatoms. The first kappa shape index (κ1) is 13.6. The predicted molar refractivity (Wildman–Crippen MR) is 76.2 cm³/mol. The molecule has 0 radical (unpaired) electrons. The average Bonchev–Trinajstić information content (AvgIpc) is 2.75. The Morgan fingerprint density at radius 2 is 1.72 bits per heavy atom. The molecule has 0 unspecified atom stereocenters. The molecule has 2 aromatic heterocycles. The van der Waals surface area contributed by atoms with Gasteiger partial charge in [0.15, 0.2) is 0 Å². The van der Waals surface area contributed by atoms with Crippen LogP contribution in [0, 0.1) is 20.8 Å². The van der Waals surface area contributed by atoms with Crippen LogP contribution in [0.5, 0.6) is 0 Å². The minimum atomic E-state index is 0.675. The van der Waals surface area contributed by atoms with Gasteiger partial charge in [0, 0.05) is 6.54 Å². The molecule has 0 amide bonds. The second-order valence-electron chi connectivity index (χ2n) is 4.30. The number of nitrogens with zero attached hydrogens (tertiary/aromatic N) is 4. The Hall–Kier alpha value is -0.810. The Morgan fingerprint density at radius 3 is 2.22 bits per heavy atom. The molecule has 0 aliphatic heterocycles. The smallest absolute Gasteiger partial charge is 0.0844 e. The molecule has 18 heavy (non-hydrogen) atoms. The zero-order chi connectivity index (χ0) is 13.4. The molecule has 2 heterocycles. The second kappa shape index (κ2) is 5.05. The third kappa shape index (κ3) is 2.21. The van der Waals surface area contributed by atoms with Crippen LogP contribution in [0.1, 0.15) is 29.7 Å². The fraction of sp³-hybridized carbons (Fsp3) is 0.500. The van der Waals surface area contributed by atoms with Crippen LogP contribution in [-0.4, -0.2) is 19.6 Å². The SMILES string of the molecule is CCn1nc(C)c(Br)c1Cn1nc(C)c(Cl)c1C. The number of hydrogen-bond acceptors (Lipinski definition) is 2. The summed E-state index contributed by atoms with van der Waals surface area (Å²) in [5.74, 6) is 0. The Bertz CT molecular complexity index is 585. The quantitative estimate of drug-likeness (QED) is 0.863. The molecule has 2 aromatic rings. The molecule has 98 valence electrons. The van der Waals surface area contributed by atoms with E-state index >= 15 is 0 Å². The minimum Gasteiger partial charge on any atom is -0.267 e. The Labute approximate surface area is 120 Å². The van der Waals surface area contributed by atoms with Crippen molar-refractivity contribution in [3.63, 3.8) is 0 Å². The van der Waals surface area contributed by atoms with Crippen molar-refractivity contribution in [1.82, 2.24) is 19.6 Å². The largest absolute Gasteiger partial charge is 0.267 e. The van der Waals surface area contributed by atoms with Crippen LogP contribution < -0.4 is 0 Å². The van der Waals surface area contributed by atoms with Gasteiger partial charge in [-0.05, 0) is 43.6 Å². The molecule has 0 aromatic carbocycles. The fourth-order valence-electron chi connectivity index (χ4n) is 1.99. The highest BCUT2D eigenvalue weighted by Crippen LogP contribution is 2.24. The van der Waals surface area contributed by atoms with Crippen LogP contribution in [0.15, 0.2) is 4.47 Å². The third-order valence-corrected chi connectivity index (χ3v) is 4.62. The Morgan fingerprint density at radius 1 is 1.11 bits per heavy atom. The first-order valence-electron chi connectivity index (χ1n) is 5.87. The first-order valence-corrected chi connectivity index (χ1v) is 7.04. The number of rotatable bonds is 3. The van der Waals surface area contributed by atoms with E-state index in [1.165, 1.54) is 0 Å². The van der Waals surface area contributed by atoms with Gasteiger partial charge in [-0.2, -0.15) is 10.2 Å². The van der Waals surface area contributed by atoms with Crippen LogP contribution >= 0.6 is 27.5 Å². The van der Waals surface area contributed by atoms with Gasteiger partial charge in [-0.15, -0.1) is 0 Å². The summed E-state index contributed by atoms with van der Waals surface area (Å²) in [6.45, 7) is 9.49. The summed E-state index contributed by atoms with van der Waals surface area (Å²) < 4.78 is 4.96. The van der Waals surface area contributed by atoms with Gasteiger partial charge in [-0.3, -0.25) is 9.36 Å². The molecule has 0 atom stereocenters. The summed E-state index contributed by atoms with van der Waals surface area (Å²) in [4.78, 5) is 0. The number of halogens is 2. The maximum Gasteiger partial charge on any atom is 0.0844 e. The normalized spacial score (nSPS) is 11.2. The Kier molecular flexibility index (Phi) is 3.82. The van der Waals surface area contributed by atoms with Crippen molar-refractivity contribution in [2.45, 2.75) is 40.8 Å². The molecule has 0 aliphatic carbocycles. The van der Waals surface area contributed by atoms with Gasteiger partial charge >= 0.3 is 0 Å². The number of hydrogen-bond donors (Lipinski definition) is 0. The van der Waals surface area contributed by atoms with E-state index in [4.69, 9.17) is 11.6 Å². The standard InChI is InChI=1S/C12H16BrClN4/c1-5-17-10(11(13)7(2)15-17)6-18-9(4)12(14)8(3)16-18/h5-6H2,1-4H3. The predicted octanol–water partition coefficient (Wildman–Crippen LogP) is 3.49. The lowest BCUT2D eigenvalue weighted by Crippen LogP contribution is -2.10. The third-order valence-electron chi connectivity index (χ3n) is 3.05. The summed E-state index contributed by atoms with van der Waals surface area (Å²) in [5, 5.41) is 9.67.